The summed E-state index contributed by atoms with van der Waals surface area (Å²) in [7, 11) is 4.12. The number of carbonyl (C=O) groups is 1. The minimum atomic E-state index is -0.0825. The van der Waals surface area contributed by atoms with Gasteiger partial charge < -0.3 is 14.3 Å². The van der Waals surface area contributed by atoms with Crippen molar-refractivity contribution in [2.75, 3.05) is 20.6 Å². The summed E-state index contributed by atoms with van der Waals surface area (Å²) >= 11 is 0. The maximum Gasteiger partial charge on any atom is 0.292 e. The number of likely N-dealkylation sites (N-methyl/N-ethyl adjacent to an activating group) is 1. The van der Waals surface area contributed by atoms with E-state index in [1.54, 1.807) is 18.5 Å². The minimum absolute atomic E-state index is 0.0825. The first-order valence-corrected chi connectivity index (χ1v) is 7.44. The quantitative estimate of drug-likeness (QED) is 0.855. The van der Waals surface area contributed by atoms with Gasteiger partial charge in [-0.3, -0.25) is 9.78 Å². The molecule has 6 nitrogen and oxygen atoms in total. The molecule has 2 aromatic rings. The predicted octanol–water partition coefficient (Wildman–Crippen LogP) is 1.46. The Kier molecular flexibility index (Phi) is 4.20. The van der Waals surface area contributed by atoms with Gasteiger partial charge in [0.2, 0.25) is 5.76 Å². The van der Waals surface area contributed by atoms with Crippen LogP contribution in [0, 0.1) is 0 Å². The fourth-order valence-corrected chi connectivity index (χ4v) is 3.17. The second-order valence-corrected chi connectivity index (χ2v) is 5.82. The highest BCUT2D eigenvalue weighted by Crippen LogP contribution is 2.26. The van der Waals surface area contributed by atoms with Crippen molar-refractivity contribution >= 4 is 5.91 Å². The molecular weight excluding hydrogens is 280 g/mol. The van der Waals surface area contributed by atoms with Gasteiger partial charge in [0.1, 0.15) is 0 Å². The molecule has 3 rings (SSSR count). The topological polar surface area (TPSA) is 62.5 Å². The van der Waals surface area contributed by atoms with Gasteiger partial charge in [-0.2, -0.15) is 0 Å². The molecule has 0 N–H and O–H groups in total. The average Bonchev–Trinajstić information content (AvgIpc) is 3.17. The minimum Gasteiger partial charge on any atom is -0.351 e. The zero-order chi connectivity index (χ0) is 15.5. The summed E-state index contributed by atoms with van der Waals surface area (Å²) in [4.78, 5) is 20.8. The van der Waals surface area contributed by atoms with Gasteiger partial charge in [-0.25, -0.2) is 0 Å². The lowest BCUT2D eigenvalue weighted by atomic mass is 10.00. The molecule has 3 heterocycles. The first kappa shape index (κ1) is 14.7. The number of amides is 1. The maximum absolute atomic E-state index is 12.6. The van der Waals surface area contributed by atoms with Crippen molar-refractivity contribution in [3.8, 4) is 0 Å². The zero-order valence-electron chi connectivity index (χ0n) is 12.8. The molecule has 0 saturated carbocycles. The van der Waals surface area contributed by atoms with Gasteiger partial charge in [0.15, 0.2) is 0 Å². The van der Waals surface area contributed by atoms with Gasteiger partial charge >= 0.3 is 0 Å². The molecule has 0 bridgehead atoms. The highest BCUT2D eigenvalue weighted by atomic mass is 16.5. The Balaban J connectivity index is 1.84. The molecule has 0 spiro atoms. The van der Waals surface area contributed by atoms with E-state index in [1.807, 2.05) is 17.0 Å². The van der Waals surface area contributed by atoms with E-state index in [2.05, 4.69) is 29.1 Å². The molecule has 0 unspecified atom stereocenters. The van der Waals surface area contributed by atoms with E-state index in [-0.39, 0.29) is 11.9 Å². The van der Waals surface area contributed by atoms with E-state index in [0.717, 1.165) is 19.4 Å². The monoisotopic (exact) mass is 300 g/mol. The lowest BCUT2D eigenvalue weighted by Crippen LogP contribution is -2.45. The molecule has 1 aliphatic rings. The lowest BCUT2D eigenvalue weighted by Gasteiger charge is -2.31. The van der Waals surface area contributed by atoms with E-state index in [0.29, 0.717) is 11.8 Å². The first-order chi connectivity index (χ1) is 10.7. The summed E-state index contributed by atoms with van der Waals surface area (Å²) in [6.45, 7) is 0.734. The molecule has 0 radical (unpaired) electrons. The van der Waals surface area contributed by atoms with E-state index in [1.165, 1.54) is 11.8 Å². The average molecular weight is 300 g/mol. The highest BCUT2D eigenvalue weighted by Gasteiger charge is 2.39. The molecule has 116 valence electrons. The van der Waals surface area contributed by atoms with Crippen LogP contribution in [0.5, 0.6) is 0 Å². The van der Waals surface area contributed by atoms with Crippen molar-refractivity contribution in [3.63, 3.8) is 0 Å². The third kappa shape index (κ3) is 2.87. The first-order valence-electron chi connectivity index (χ1n) is 7.44. The van der Waals surface area contributed by atoms with E-state index < -0.39 is 0 Å². The number of pyridine rings is 1. The molecule has 1 saturated heterocycles. The third-order valence-corrected chi connectivity index (χ3v) is 4.28. The largest absolute Gasteiger partial charge is 0.351 e. The molecule has 2 aromatic heterocycles. The molecule has 6 heteroatoms. The SMILES string of the molecule is CN(C)[C@@H]1CCN(C(=O)c2ccno2)[C@H]1Cc1ccncc1. The summed E-state index contributed by atoms with van der Waals surface area (Å²) in [5.41, 5.74) is 1.18. The molecule has 0 aliphatic carbocycles. The van der Waals surface area contributed by atoms with Crippen LogP contribution in [-0.4, -0.2) is 58.6 Å². The number of aromatic nitrogens is 2. The number of hydrogen-bond donors (Lipinski definition) is 0. The standard InChI is InChI=1S/C16H20N4O2/c1-19(2)13-6-10-20(16(21)15-5-9-18-22-15)14(13)11-12-3-7-17-8-4-12/h3-5,7-9,13-14H,6,10-11H2,1-2H3/t13-,14+/m1/s1. The van der Waals surface area contributed by atoms with Crippen LogP contribution in [0.3, 0.4) is 0 Å². The Morgan fingerprint density at radius 1 is 1.32 bits per heavy atom. The van der Waals surface area contributed by atoms with Crippen molar-refractivity contribution in [3.05, 3.63) is 48.1 Å². The smallest absolute Gasteiger partial charge is 0.292 e. The molecule has 1 fully saturated rings. The lowest BCUT2D eigenvalue weighted by molar-refractivity contribution is 0.0663. The van der Waals surface area contributed by atoms with Crippen LogP contribution >= 0.6 is 0 Å². The molecule has 2 atom stereocenters. The fourth-order valence-electron chi connectivity index (χ4n) is 3.17. The molecule has 22 heavy (non-hydrogen) atoms. The predicted molar refractivity (Wildman–Crippen MR) is 81.4 cm³/mol. The number of nitrogens with zero attached hydrogens (tertiary/aromatic N) is 4. The van der Waals surface area contributed by atoms with Crippen molar-refractivity contribution in [2.24, 2.45) is 0 Å². The van der Waals surface area contributed by atoms with Crippen molar-refractivity contribution in [1.82, 2.24) is 19.9 Å². The Bertz CT molecular complexity index is 612. The van der Waals surface area contributed by atoms with Crippen molar-refractivity contribution in [2.45, 2.75) is 24.9 Å². The highest BCUT2D eigenvalue weighted by molar-refractivity contribution is 5.91. The Labute approximate surface area is 129 Å². The van der Waals surface area contributed by atoms with Crippen LogP contribution in [0.4, 0.5) is 0 Å². The van der Waals surface area contributed by atoms with E-state index >= 15 is 0 Å². The van der Waals surface area contributed by atoms with Gasteiger partial charge in [-0.05, 0) is 44.6 Å². The molecule has 0 aromatic carbocycles. The second kappa shape index (κ2) is 6.27. The zero-order valence-corrected chi connectivity index (χ0v) is 12.8. The molecule has 1 aliphatic heterocycles. The van der Waals surface area contributed by atoms with Crippen LogP contribution < -0.4 is 0 Å². The summed E-state index contributed by atoms with van der Waals surface area (Å²) in [5.74, 6) is 0.222. The van der Waals surface area contributed by atoms with Gasteiger partial charge in [0.25, 0.3) is 5.91 Å². The Morgan fingerprint density at radius 3 is 2.73 bits per heavy atom. The normalized spacial score (nSPS) is 21.5. The summed E-state index contributed by atoms with van der Waals surface area (Å²) < 4.78 is 5.04. The fraction of sp³-hybridized carbons (Fsp3) is 0.438. The van der Waals surface area contributed by atoms with Crippen LogP contribution in [-0.2, 0) is 6.42 Å². The third-order valence-electron chi connectivity index (χ3n) is 4.28. The second-order valence-electron chi connectivity index (χ2n) is 5.82. The number of likely N-dealkylation sites (tertiary alicyclic amines) is 1. The van der Waals surface area contributed by atoms with Gasteiger partial charge in [0.05, 0.1) is 12.2 Å². The summed E-state index contributed by atoms with van der Waals surface area (Å²) in [6.07, 6.45) is 6.85. The molecule has 1 amide bonds. The maximum atomic E-state index is 12.6. The van der Waals surface area contributed by atoms with Gasteiger partial charge in [-0.1, -0.05) is 5.16 Å². The summed E-state index contributed by atoms with van der Waals surface area (Å²) in [6, 6.07) is 6.08. The van der Waals surface area contributed by atoms with E-state index in [4.69, 9.17) is 4.52 Å². The van der Waals surface area contributed by atoms with Gasteiger partial charge in [-0.15, -0.1) is 0 Å². The van der Waals surface area contributed by atoms with Gasteiger partial charge in [0, 0.05) is 31.0 Å². The van der Waals surface area contributed by atoms with Crippen molar-refractivity contribution in [1.29, 1.82) is 0 Å². The number of rotatable bonds is 4. The Morgan fingerprint density at radius 2 is 2.09 bits per heavy atom. The van der Waals surface area contributed by atoms with Crippen molar-refractivity contribution < 1.29 is 9.32 Å². The molecular formula is C16H20N4O2. The van der Waals surface area contributed by atoms with Crippen LogP contribution in [0.15, 0.2) is 41.3 Å². The number of carbonyl (C=O) groups excluding carboxylic acids is 1. The van der Waals surface area contributed by atoms with Crippen LogP contribution in [0.1, 0.15) is 22.5 Å². The number of hydrogen-bond acceptors (Lipinski definition) is 5. The Hall–Kier alpha value is -2.21. The van der Waals surface area contributed by atoms with E-state index in [9.17, 15) is 4.79 Å². The van der Waals surface area contributed by atoms with Crippen LogP contribution in [0.25, 0.3) is 0 Å². The van der Waals surface area contributed by atoms with Crippen LogP contribution in [0.2, 0.25) is 0 Å². The summed E-state index contributed by atoms with van der Waals surface area (Å²) in [5, 5.41) is 3.64.